The molecule has 4 nitrogen and oxygen atoms in total. The van der Waals surface area contributed by atoms with Crippen LogP contribution in [0.2, 0.25) is 0 Å². The summed E-state index contributed by atoms with van der Waals surface area (Å²) in [5.41, 5.74) is 1.22. The minimum atomic E-state index is 0.110. The molecule has 1 aliphatic rings. The summed E-state index contributed by atoms with van der Waals surface area (Å²) in [6, 6.07) is 6.25. The standard InChI is InChI=1S/C16H21N3OS/c1-17-7-9-19(10-8-17)16(20)12-15(14-4-11-21-13-14)18-5-2-3-6-18/h2-6,11,13,15H,7-10,12H2,1H3/t15-/m1/s1. The van der Waals surface area contributed by atoms with Crippen molar-refractivity contribution < 1.29 is 4.79 Å². The quantitative estimate of drug-likeness (QED) is 0.867. The first-order valence-corrected chi connectivity index (χ1v) is 8.29. The van der Waals surface area contributed by atoms with E-state index in [1.165, 1.54) is 5.56 Å². The maximum absolute atomic E-state index is 12.6. The fourth-order valence-corrected chi connectivity index (χ4v) is 3.47. The van der Waals surface area contributed by atoms with Crippen LogP contribution in [0.5, 0.6) is 0 Å². The summed E-state index contributed by atoms with van der Waals surface area (Å²) in [5, 5.41) is 4.22. The monoisotopic (exact) mass is 303 g/mol. The van der Waals surface area contributed by atoms with Crippen molar-refractivity contribution in [3.8, 4) is 0 Å². The van der Waals surface area contributed by atoms with Gasteiger partial charge in [0.1, 0.15) is 0 Å². The number of hydrogen-bond acceptors (Lipinski definition) is 3. The van der Waals surface area contributed by atoms with E-state index in [4.69, 9.17) is 0 Å². The zero-order chi connectivity index (χ0) is 14.7. The Bertz CT molecular complexity index is 522. The molecule has 0 aromatic carbocycles. The average Bonchev–Trinajstić information content (AvgIpc) is 3.19. The molecule has 3 heterocycles. The normalized spacial score (nSPS) is 17.9. The highest BCUT2D eigenvalue weighted by atomic mass is 32.1. The Morgan fingerprint density at radius 3 is 2.57 bits per heavy atom. The third-order valence-electron chi connectivity index (χ3n) is 4.14. The van der Waals surface area contributed by atoms with Crippen molar-refractivity contribution in [2.75, 3.05) is 33.2 Å². The van der Waals surface area contributed by atoms with Crippen LogP contribution in [0.4, 0.5) is 0 Å². The molecular formula is C16H21N3OS. The number of hydrogen-bond donors (Lipinski definition) is 0. The van der Waals surface area contributed by atoms with E-state index >= 15 is 0 Å². The first kappa shape index (κ1) is 14.4. The molecule has 0 radical (unpaired) electrons. The molecule has 2 aromatic heterocycles. The van der Waals surface area contributed by atoms with Gasteiger partial charge in [-0.1, -0.05) is 0 Å². The second-order valence-corrected chi connectivity index (χ2v) is 6.37. The largest absolute Gasteiger partial charge is 0.346 e. The van der Waals surface area contributed by atoms with Gasteiger partial charge in [-0.25, -0.2) is 0 Å². The second-order valence-electron chi connectivity index (χ2n) is 5.59. The topological polar surface area (TPSA) is 28.5 Å². The van der Waals surface area contributed by atoms with Crippen molar-refractivity contribution in [2.45, 2.75) is 12.5 Å². The Kier molecular flexibility index (Phi) is 4.41. The van der Waals surface area contributed by atoms with Crippen LogP contribution in [-0.4, -0.2) is 53.5 Å². The molecule has 0 spiro atoms. The maximum atomic E-state index is 12.6. The van der Waals surface area contributed by atoms with Gasteiger partial charge in [-0.2, -0.15) is 11.3 Å². The van der Waals surface area contributed by atoms with Crippen molar-refractivity contribution in [1.82, 2.24) is 14.4 Å². The lowest BCUT2D eigenvalue weighted by molar-refractivity contribution is -0.133. The van der Waals surface area contributed by atoms with Gasteiger partial charge in [0.05, 0.1) is 12.5 Å². The molecule has 0 unspecified atom stereocenters. The second kappa shape index (κ2) is 6.45. The van der Waals surface area contributed by atoms with Gasteiger partial charge in [0.25, 0.3) is 0 Å². The van der Waals surface area contributed by atoms with Crippen molar-refractivity contribution in [1.29, 1.82) is 0 Å². The van der Waals surface area contributed by atoms with Crippen LogP contribution in [0, 0.1) is 0 Å². The molecule has 21 heavy (non-hydrogen) atoms. The molecule has 1 aliphatic heterocycles. The Balaban J connectivity index is 1.72. The van der Waals surface area contributed by atoms with E-state index in [1.54, 1.807) is 11.3 Å². The van der Waals surface area contributed by atoms with E-state index in [0.29, 0.717) is 6.42 Å². The number of carbonyl (C=O) groups excluding carboxylic acids is 1. The number of aromatic nitrogens is 1. The van der Waals surface area contributed by atoms with Crippen LogP contribution in [0.3, 0.4) is 0 Å². The first-order chi connectivity index (χ1) is 10.2. The SMILES string of the molecule is CN1CCN(C(=O)C[C@H](c2ccsc2)n2cccc2)CC1. The average molecular weight is 303 g/mol. The van der Waals surface area contributed by atoms with E-state index in [9.17, 15) is 4.79 Å². The lowest BCUT2D eigenvalue weighted by atomic mass is 10.1. The molecular weight excluding hydrogens is 282 g/mol. The predicted molar refractivity (Wildman–Crippen MR) is 85.6 cm³/mol. The molecule has 3 rings (SSSR count). The zero-order valence-corrected chi connectivity index (χ0v) is 13.1. The van der Waals surface area contributed by atoms with Gasteiger partial charge in [-0.15, -0.1) is 0 Å². The van der Waals surface area contributed by atoms with Crippen LogP contribution >= 0.6 is 11.3 Å². The fourth-order valence-electron chi connectivity index (χ4n) is 2.77. The van der Waals surface area contributed by atoms with E-state index < -0.39 is 0 Å². The van der Waals surface area contributed by atoms with Crippen molar-refractivity contribution >= 4 is 17.2 Å². The lowest BCUT2D eigenvalue weighted by Crippen LogP contribution is -2.47. The van der Waals surface area contributed by atoms with Crippen LogP contribution in [0.1, 0.15) is 18.0 Å². The number of likely N-dealkylation sites (N-methyl/N-ethyl adjacent to an activating group) is 1. The number of rotatable bonds is 4. The smallest absolute Gasteiger partial charge is 0.225 e. The molecule has 0 N–H and O–H groups in total. The third-order valence-corrected chi connectivity index (χ3v) is 4.84. The highest BCUT2D eigenvalue weighted by molar-refractivity contribution is 7.07. The van der Waals surface area contributed by atoms with Crippen molar-refractivity contribution in [3.63, 3.8) is 0 Å². The molecule has 0 saturated carbocycles. The lowest BCUT2D eigenvalue weighted by Gasteiger charge is -2.33. The molecule has 1 saturated heterocycles. The summed E-state index contributed by atoms with van der Waals surface area (Å²) in [6.07, 6.45) is 4.62. The Morgan fingerprint density at radius 1 is 1.24 bits per heavy atom. The maximum Gasteiger partial charge on any atom is 0.225 e. The molecule has 1 atom stereocenters. The highest BCUT2D eigenvalue weighted by Crippen LogP contribution is 2.25. The van der Waals surface area contributed by atoms with E-state index in [2.05, 4.69) is 33.3 Å². The number of piperazine rings is 1. The molecule has 0 aliphatic carbocycles. The summed E-state index contributed by atoms with van der Waals surface area (Å²) >= 11 is 1.68. The highest BCUT2D eigenvalue weighted by Gasteiger charge is 2.24. The van der Waals surface area contributed by atoms with Crippen LogP contribution in [0.15, 0.2) is 41.4 Å². The van der Waals surface area contributed by atoms with Gasteiger partial charge >= 0.3 is 0 Å². The Hall–Kier alpha value is -1.59. The molecule has 112 valence electrons. The number of thiophene rings is 1. The molecule has 0 bridgehead atoms. The summed E-state index contributed by atoms with van der Waals surface area (Å²) in [6.45, 7) is 3.63. The molecule has 5 heteroatoms. The number of amides is 1. The van der Waals surface area contributed by atoms with Gasteiger partial charge in [0.2, 0.25) is 5.91 Å². The predicted octanol–water partition coefficient (Wildman–Crippen LogP) is 2.30. The number of carbonyl (C=O) groups is 1. The molecule has 1 amide bonds. The van der Waals surface area contributed by atoms with Gasteiger partial charge in [0.15, 0.2) is 0 Å². The minimum absolute atomic E-state index is 0.110. The molecule has 1 fully saturated rings. The van der Waals surface area contributed by atoms with Gasteiger partial charge in [-0.05, 0) is 41.6 Å². The van der Waals surface area contributed by atoms with Crippen LogP contribution < -0.4 is 0 Å². The summed E-state index contributed by atoms with van der Waals surface area (Å²) in [4.78, 5) is 16.9. The van der Waals surface area contributed by atoms with Crippen molar-refractivity contribution in [2.24, 2.45) is 0 Å². The summed E-state index contributed by atoms with van der Waals surface area (Å²) in [7, 11) is 2.11. The van der Waals surface area contributed by atoms with E-state index in [1.807, 2.05) is 29.4 Å². The Morgan fingerprint density at radius 2 is 1.95 bits per heavy atom. The third kappa shape index (κ3) is 3.36. The van der Waals surface area contributed by atoms with E-state index in [-0.39, 0.29) is 11.9 Å². The van der Waals surface area contributed by atoms with E-state index in [0.717, 1.165) is 26.2 Å². The van der Waals surface area contributed by atoms with Crippen LogP contribution in [0.25, 0.3) is 0 Å². The zero-order valence-electron chi connectivity index (χ0n) is 12.3. The summed E-state index contributed by atoms with van der Waals surface area (Å²) in [5.74, 6) is 0.257. The van der Waals surface area contributed by atoms with Gasteiger partial charge < -0.3 is 14.4 Å². The van der Waals surface area contributed by atoms with Gasteiger partial charge in [0, 0.05) is 38.6 Å². The molecule has 2 aromatic rings. The minimum Gasteiger partial charge on any atom is -0.346 e. The van der Waals surface area contributed by atoms with Gasteiger partial charge in [-0.3, -0.25) is 4.79 Å². The van der Waals surface area contributed by atoms with Crippen molar-refractivity contribution in [3.05, 3.63) is 46.9 Å². The van der Waals surface area contributed by atoms with Crippen LogP contribution in [-0.2, 0) is 4.79 Å². The number of nitrogens with zero attached hydrogens (tertiary/aromatic N) is 3. The first-order valence-electron chi connectivity index (χ1n) is 7.35. The summed E-state index contributed by atoms with van der Waals surface area (Å²) < 4.78 is 2.13. The fraction of sp³-hybridized carbons (Fsp3) is 0.438. The Labute approximate surface area is 129 Å².